The van der Waals surface area contributed by atoms with Gasteiger partial charge in [-0.1, -0.05) is 18.6 Å². The van der Waals surface area contributed by atoms with Crippen LogP contribution in [0.4, 0.5) is 4.39 Å². The van der Waals surface area contributed by atoms with Gasteiger partial charge in [0, 0.05) is 5.92 Å². The maximum absolute atomic E-state index is 13.7. The summed E-state index contributed by atoms with van der Waals surface area (Å²) in [7, 11) is 0. The maximum atomic E-state index is 13.7. The van der Waals surface area contributed by atoms with Gasteiger partial charge in [0.1, 0.15) is 11.6 Å². The first-order valence-electron chi connectivity index (χ1n) is 8.08. The van der Waals surface area contributed by atoms with Gasteiger partial charge in [-0.3, -0.25) is 0 Å². The lowest BCUT2D eigenvalue weighted by molar-refractivity contribution is 0.619. The van der Waals surface area contributed by atoms with E-state index in [1.54, 1.807) is 17.4 Å². The molecule has 1 aromatic carbocycles. The molecule has 2 aliphatic carbocycles. The van der Waals surface area contributed by atoms with Gasteiger partial charge in [-0.25, -0.2) is 14.1 Å². The Morgan fingerprint density at radius 2 is 2.00 bits per heavy atom. The van der Waals surface area contributed by atoms with Crippen LogP contribution in [0, 0.1) is 17.7 Å². The summed E-state index contributed by atoms with van der Waals surface area (Å²) in [5.74, 6) is 3.52. The summed E-state index contributed by atoms with van der Waals surface area (Å²) >= 11 is 1.64. The van der Waals surface area contributed by atoms with E-state index in [-0.39, 0.29) is 5.82 Å². The Morgan fingerprint density at radius 3 is 2.74 bits per heavy atom. The first-order valence-corrected chi connectivity index (χ1v) is 8.96. The fraction of sp³-hybridized carbons (Fsp3) is 0.333. The van der Waals surface area contributed by atoms with Crippen LogP contribution in [0.15, 0.2) is 41.8 Å². The van der Waals surface area contributed by atoms with E-state index in [2.05, 4.69) is 0 Å². The average molecular weight is 325 g/mol. The van der Waals surface area contributed by atoms with Crippen LogP contribution in [0.5, 0.6) is 0 Å². The highest BCUT2D eigenvalue weighted by atomic mass is 32.1. The number of fused-ring (bicyclic) bond motifs is 1. The Labute approximate surface area is 137 Å². The molecule has 2 aromatic heterocycles. The minimum atomic E-state index is -0.238. The second-order valence-corrected chi connectivity index (χ2v) is 7.39. The van der Waals surface area contributed by atoms with E-state index in [1.807, 2.05) is 28.3 Å². The van der Waals surface area contributed by atoms with Gasteiger partial charge in [0.05, 0.1) is 10.6 Å². The zero-order chi connectivity index (χ0) is 15.4. The Balaban J connectivity index is 1.63. The number of benzene rings is 1. The fourth-order valence-corrected chi connectivity index (χ4v) is 4.71. The number of halogens is 1. The molecule has 2 fully saturated rings. The van der Waals surface area contributed by atoms with Crippen LogP contribution < -0.4 is 0 Å². The minimum Gasteiger partial charge on any atom is -0.217 e. The number of aromatic nitrogens is 3. The third-order valence-electron chi connectivity index (χ3n) is 5.13. The van der Waals surface area contributed by atoms with Gasteiger partial charge in [0.15, 0.2) is 5.82 Å². The van der Waals surface area contributed by atoms with Gasteiger partial charge < -0.3 is 0 Å². The fourth-order valence-electron chi connectivity index (χ4n) is 4.05. The summed E-state index contributed by atoms with van der Waals surface area (Å²) in [5.41, 5.74) is 0.764. The zero-order valence-electron chi connectivity index (χ0n) is 12.5. The lowest BCUT2D eigenvalue weighted by Gasteiger charge is -2.07. The van der Waals surface area contributed by atoms with Crippen molar-refractivity contribution < 1.29 is 4.39 Å². The quantitative estimate of drug-likeness (QED) is 0.702. The summed E-state index contributed by atoms with van der Waals surface area (Å²) in [6.07, 6.45) is 3.91. The SMILES string of the molecule is Fc1cccc(-n2nc(-c3cccs3)nc2C2C3CCCC32)c1. The second kappa shape index (κ2) is 4.99. The van der Waals surface area contributed by atoms with Gasteiger partial charge in [-0.2, -0.15) is 0 Å². The van der Waals surface area contributed by atoms with Gasteiger partial charge in [0.2, 0.25) is 0 Å². The molecule has 3 nitrogen and oxygen atoms in total. The molecule has 0 aliphatic heterocycles. The van der Waals surface area contributed by atoms with Crippen molar-refractivity contribution in [2.75, 3.05) is 0 Å². The Bertz CT molecular complexity index is 845. The molecule has 0 bridgehead atoms. The van der Waals surface area contributed by atoms with Crippen molar-refractivity contribution in [1.29, 1.82) is 0 Å². The molecule has 2 unspecified atom stereocenters. The van der Waals surface area contributed by atoms with E-state index in [1.165, 1.54) is 31.4 Å². The first-order chi connectivity index (χ1) is 11.3. The third-order valence-corrected chi connectivity index (χ3v) is 6.00. The topological polar surface area (TPSA) is 30.7 Å². The lowest BCUT2D eigenvalue weighted by Crippen LogP contribution is -2.04. The van der Waals surface area contributed by atoms with Crippen LogP contribution in [0.3, 0.4) is 0 Å². The lowest BCUT2D eigenvalue weighted by atomic mass is 10.1. The van der Waals surface area contributed by atoms with Crippen LogP contribution in [0.2, 0.25) is 0 Å². The second-order valence-electron chi connectivity index (χ2n) is 6.45. The van der Waals surface area contributed by atoms with E-state index in [4.69, 9.17) is 10.1 Å². The molecule has 0 spiro atoms. The average Bonchev–Trinajstić information content (AvgIpc) is 3.10. The number of thiophene rings is 1. The van der Waals surface area contributed by atoms with Crippen LogP contribution in [0.1, 0.15) is 31.0 Å². The zero-order valence-corrected chi connectivity index (χ0v) is 13.3. The maximum Gasteiger partial charge on any atom is 0.191 e. The van der Waals surface area contributed by atoms with E-state index in [0.717, 1.165) is 34.0 Å². The van der Waals surface area contributed by atoms with Crippen LogP contribution in [-0.4, -0.2) is 14.8 Å². The van der Waals surface area contributed by atoms with Crippen molar-refractivity contribution in [3.05, 3.63) is 53.4 Å². The minimum absolute atomic E-state index is 0.238. The highest BCUT2D eigenvalue weighted by molar-refractivity contribution is 7.13. The molecule has 23 heavy (non-hydrogen) atoms. The van der Waals surface area contributed by atoms with Crippen molar-refractivity contribution in [3.8, 4) is 16.4 Å². The molecule has 0 amide bonds. The number of nitrogens with zero attached hydrogens (tertiary/aromatic N) is 3. The van der Waals surface area contributed by atoms with Crippen LogP contribution in [-0.2, 0) is 0 Å². The van der Waals surface area contributed by atoms with Crippen LogP contribution >= 0.6 is 11.3 Å². The molecule has 116 valence electrons. The summed E-state index contributed by atoms with van der Waals surface area (Å²) in [6, 6.07) is 10.7. The Kier molecular flexibility index (Phi) is 2.92. The Hall–Kier alpha value is -2.01. The van der Waals surface area contributed by atoms with Crippen LogP contribution in [0.25, 0.3) is 16.4 Å². The van der Waals surface area contributed by atoms with Crippen molar-refractivity contribution in [3.63, 3.8) is 0 Å². The standard InChI is InChI=1S/C18H16FN3S/c19-11-4-1-5-12(10-11)22-18(16-13-6-2-7-14(13)16)20-17(21-22)15-8-3-9-23-15/h1,3-5,8-10,13-14,16H,2,6-7H2. The van der Waals surface area contributed by atoms with Crippen molar-refractivity contribution in [2.45, 2.75) is 25.2 Å². The molecule has 2 heterocycles. The molecule has 5 rings (SSSR count). The summed E-state index contributed by atoms with van der Waals surface area (Å²) in [6.45, 7) is 0. The molecule has 2 aliphatic rings. The highest BCUT2D eigenvalue weighted by Crippen LogP contribution is 2.62. The van der Waals surface area contributed by atoms with Gasteiger partial charge >= 0.3 is 0 Å². The van der Waals surface area contributed by atoms with Gasteiger partial charge in [0.25, 0.3) is 0 Å². The monoisotopic (exact) mass is 325 g/mol. The molecule has 0 N–H and O–H groups in total. The molecule has 3 aromatic rings. The molecule has 2 atom stereocenters. The van der Waals surface area contributed by atoms with Gasteiger partial charge in [-0.15, -0.1) is 16.4 Å². The molecule has 0 saturated heterocycles. The Morgan fingerprint density at radius 1 is 1.13 bits per heavy atom. The van der Waals surface area contributed by atoms with Crippen molar-refractivity contribution >= 4 is 11.3 Å². The predicted molar refractivity (Wildman–Crippen MR) is 88.2 cm³/mol. The first kappa shape index (κ1) is 13.4. The molecule has 5 heteroatoms. The third kappa shape index (κ3) is 2.14. The summed E-state index contributed by atoms with van der Waals surface area (Å²) < 4.78 is 15.5. The smallest absolute Gasteiger partial charge is 0.191 e. The molecular weight excluding hydrogens is 309 g/mol. The largest absolute Gasteiger partial charge is 0.217 e. The summed E-state index contributed by atoms with van der Waals surface area (Å²) in [5, 5.41) is 6.73. The summed E-state index contributed by atoms with van der Waals surface area (Å²) in [4.78, 5) is 5.91. The molecular formula is C18H16FN3S. The van der Waals surface area contributed by atoms with E-state index < -0.39 is 0 Å². The highest BCUT2D eigenvalue weighted by Gasteiger charge is 2.55. The normalized spacial score (nSPS) is 25.5. The van der Waals surface area contributed by atoms with E-state index in [0.29, 0.717) is 5.92 Å². The number of hydrogen-bond donors (Lipinski definition) is 0. The van der Waals surface area contributed by atoms with Gasteiger partial charge in [-0.05, 0) is 54.3 Å². The molecule has 0 radical (unpaired) electrons. The molecule has 2 saturated carbocycles. The van der Waals surface area contributed by atoms with Crippen molar-refractivity contribution in [2.24, 2.45) is 11.8 Å². The van der Waals surface area contributed by atoms with E-state index >= 15 is 0 Å². The number of rotatable bonds is 3. The predicted octanol–water partition coefficient (Wildman–Crippen LogP) is 4.65. The number of hydrogen-bond acceptors (Lipinski definition) is 3. The van der Waals surface area contributed by atoms with Crippen molar-refractivity contribution in [1.82, 2.24) is 14.8 Å². The van der Waals surface area contributed by atoms with E-state index in [9.17, 15) is 4.39 Å².